The zero-order valence-electron chi connectivity index (χ0n) is 17.1. The molecule has 1 aliphatic carbocycles. The van der Waals surface area contributed by atoms with Crippen molar-refractivity contribution in [2.75, 3.05) is 5.32 Å². The monoisotopic (exact) mass is 403 g/mol. The average Bonchev–Trinajstić information content (AvgIpc) is 3.38. The standard InChI is InChI=1S/C24H28F3NO/c1-4-17-8-10-19(11-9-17)21(16(2)24(25,26)27)22(29)28-20-7-5-6-18(14-20)15-23(3)12-13-23/h5-11,14,16,21H,4,12-13,15H2,1-3H3,(H,28,29). The maximum atomic E-state index is 13.5. The first-order valence-corrected chi connectivity index (χ1v) is 10.2. The van der Waals surface area contributed by atoms with Crippen LogP contribution in [0.4, 0.5) is 18.9 Å². The summed E-state index contributed by atoms with van der Waals surface area (Å²) >= 11 is 0. The van der Waals surface area contributed by atoms with Crippen molar-refractivity contribution >= 4 is 11.6 Å². The minimum absolute atomic E-state index is 0.316. The molecule has 0 spiro atoms. The van der Waals surface area contributed by atoms with Crippen molar-refractivity contribution in [1.29, 1.82) is 0 Å². The quantitative estimate of drug-likeness (QED) is 0.561. The van der Waals surface area contributed by atoms with E-state index in [2.05, 4.69) is 12.2 Å². The number of carbonyl (C=O) groups excluding carboxylic acids is 1. The first-order valence-electron chi connectivity index (χ1n) is 10.2. The Morgan fingerprint density at radius 2 is 1.76 bits per heavy atom. The Bertz CT molecular complexity index is 853. The van der Waals surface area contributed by atoms with Crippen LogP contribution in [0.5, 0.6) is 0 Å². The predicted octanol–water partition coefficient (Wildman–Crippen LogP) is 6.51. The summed E-state index contributed by atoms with van der Waals surface area (Å²) in [7, 11) is 0. The summed E-state index contributed by atoms with van der Waals surface area (Å²) < 4.78 is 40.5. The van der Waals surface area contributed by atoms with Gasteiger partial charge in [0.1, 0.15) is 0 Å². The highest BCUT2D eigenvalue weighted by Gasteiger charge is 2.45. The molecule has 0 heterocycles. The number of hydrogen-bond donors (Lipinski definition) is 1. The summed E-state index contributed by atoms with van der Waals surface area (Å²) in [4.78, 5) is 13.0. The number of hydrogen-bond acceptors (Lipinski definition) is 1. The van der Waals surface area contributed by atoms with E-state index in [9.17, 15) is 18.0 Å². The number of anilines is 1. The molecule has 1 fully saturated rings. The number of alkyl halides is 3. The lowest BCUT2D eigenvalue weighted by Crippen LogP contribution is -2.34. The minimum Gasteiger partial charge on any atom is -0.326 e. The first-order chi connectivity index (χ1) is 13.6. The van der Waals surface area contributed by atoms with Gasteiger partial charge in [0.2, 0.25) is 5.91 Å². The molecule has 1 amide bonds. The molecular formula is C24H28F3NO. The van der Waals surface area contributed by atoms with Crippen LogP contribution in [0.2, 0.25) is 0 Å². The van der Waals surface area contributed by atoms with Crippen LogP contribution in [-0.4, -0.2) is 12.1 Å². The second-order valence-electron chi connectivity index (χ2n) is 8.58. The van der Waals surface area contributed by atoms with Crippen LogP contribution in [0, 0.1) is 11.3 Å². The van der Waals surface area contributed by atoms with E-state index < -0.39 is 23.9 Å². The Hall–Kier alpha value is -2.30. The summed E-state index contributed by atoms with van der Waals surface area (Å²) in [5.41, 5.74) is 3.36. The van der Waals surface area contributed by atoms with Gasteiger partial charge in [0, 0.05) is 5.69 Å². The molecule has 0 bridgehead atoms. The van der Waals surface area contributed by atoms with E-state index in [1.165, 1.54) is 12.8 Å². The lowest BCUT2D eigenvalue weighted by molar-refractivity contribution is -0.178. The van der Waals surface area contributed by atoms with Crippen LogP contribution in [0.15, 0.2) is 48.5 Å². The van der Waals surface area contributed by atoms with E-state index in [0.29, 0.717) is 16.7 Å². The molecule has 5 heteroatoms. The van der Waals surface area contributed by atoms with Gasteiger partial charge in [-0.2, -0.15) is 13.2 Å². The molecule has 2 atom stereocenters. The summed E-state index contributed by atoms with van der Waals surface area (Å²) in [5.74, 6) is -3.72. The Kier molecular flexibility index (Phi) is 6.06. The normalized spacial score (nSPS) is 17.4. The highest BCUT2D eigenvalue weighted by molar-refractivity contribution is 5.96. The molecule has 1 aliphatic rings. The molecule has 0 radical (unpaired) electrons. The number of benzene rings is 2. The summed E-state index contributed by atoms with van der Waals surface area (Å²) in [5, 5.41) is 2.73. The van der Waals surface area contributed by atoms with Gasteiger partial charge in [0.05, 0.1) is 11.8 Å². The minimum atomic E-state index is -4.46. The first kappa shape index (κ1) is 21.4. The molecule has 1 saturated carbocycles. The van der Waals surface area contributed by atoms with Crippen LogP contribution in [0.25, 0.3) is 0 Å². The number of rotatable bonds is 7. The van der Waals surface area contributed by atoms with E-state index in [4.69, 9.17) is 0 Å². The average molecular weight is 403 g/mol. The largest absolute Gasteiger partial charge is 0.392 e. The van der Waals surface area contributed by atoms with Crippen molar-refractivity contribution in [3.8, 4) is 0 Å². The number of carbonyl (C=O) groups is 1. The van der Waals surface area contributed by atoms with Crippen molar-refractivity contribution in [1.82, 2.24) is 0 Å². The van der Waals surface area contributed by atoms with Gasteiger partial charge in [-0.1, -0.05) is 57.2 Å². The van der Waals surface area contributed by atoms with Crippen molar-refractivity contribution in [3.05, 3.63) is 65.2 Å². The van der Waals surface area contributed by atoms with Crippen molar-refractivity contribution in [2.45, 2.75) is 58.5 Å². The van der Waals surface area contributed by atoms with Gasteiger partial charge in [-0.25, -0.2) is 0 Å². The number of amides is 1. The van der Waals surface area contributed by atoms with Crippen LogP contribution in [-0.2, 0) is 17.6 Å². The summed E-state index contributed by atoms with van der Waals surface area (Å²) in [6.45, 7) is 5.27. The summed E-state index contributed by atoms with van der Waals surface area (Å²) in [6, 6.07) is 14.3. The van der Waals surface area contributed by atoms with Gasteiger partial charge >= 0.3 is 6.18 Å². The Labute approximate surface area is 170 Å². The third kappa shape index (κ3) is 5.40. The number of nitrogens with one attached hydrogen (secondary N) is 1. The number of halogens is 3. The molecule has 2 aromatic carbocycles. The fourth-order valence-electron chi connectivity index (χ4n) is 3.68. The highest BCUT2D eigenvalue weighted by Crippen LogP contribution is 2.47. The molecule has 1 N–H and O–H groups in total. The second-order valence-corrected chi connectivity index (χ2v) is 8.58. The van der Waals surface area contributed by atoms with Crippen molar-refractivity contribution in [2.24, 2.45) is 11.3 Å². The van der Waals surface area contributed by atoms with E-state index in [0.717, 1.165) is 30.9 Å². The second kappa shape index (κ2) is 8.21. The zero-order chi connectivity index (χ0) is 21.2. The summed E-state index contributed by atoms with van der Waals surface area (Å²) in [6.07, 6.45) is -0.395. The molecule has 2 nitrogen and oxygen atoms in total. The molecule has 0 aliphatic heterocycles. The fraction of sp³-hybridized carbons (Fsp3) is 0.458. The SMILES string of the molecule is CCc1ccc(C(C(=O)Nc2cccc(CC3(C)CC3)c2)C(C)C(F)(F)F)cc1. The molecular weight excluding hydrogens is 375 g/mol. The van der Waals surface area contributed by atoms with Gasteiger partial charge in [0.15, 0.2) is 0 Å². The van der Waals surface area contributed by atoms with Gasteiger partial charge in [-0.15, -0.1) is 0 Å². The lowest BCUT2D eigenvalue weighted by atomic mass is 9.85. The maximum Gasteiger partial charge on any atom is 0.392 e. The van der Waals surface area contributed by atoms with Crippen LogP contribution in [0.1, 0.15) is 56.2 Å². The van der Waals surface area contributed by atoms with Crippen molar-refractivity contribution < 1.29 is 18.0 Å². The third-order valence-electron chi connectivity index (χ3n) is 5.97. The molecule has 29 heavy (non-hydrogen) atoms. The van der Waals surface area contributed by atoms with Gasteiger partial charge in [-0.05, 0) is 59.9 Å². The van der Waals surface area contributed by atoms with Crippen LogP contribution in [0.3, 0.4) is 0 Å². The highest BCUT2D eigenvalue weighted by atomic mass is 19.4. The molecule has 3 rings (SSSR count). The molecule has 2 unspecified atom stereocenters. The smallest absolute Gasteiger partial charge is 0.326 e. The van der Waals surface area contributed by atoms with E-state index >= 15 is 0 Å². The fourth-order valence-corrected chi connectivity index (χ4v) is 3.68. The van der Waals surface area contributed by atoms with Gasteiger partial charge in [-0.3, -0.25) is 4.79 Å². The van der Waals surface area contributed by atoms with Crippen LogP contribution < -0.4 is 5.32 Å². The molecule has 0 aromatic heterocycles. The molecule has 2 aromatic rings. The maximum absolute atomic E-state index is 13.5. The van der Waals surface area contributed by atoms with E-state index in [1.807, 2.05) is 25.1 Å². The Balaban J connectivity index is 1.83. The lowest BCUT2D eigenvalue weighted by Gasteiger charge is -2.26. The predicted molar refractivity (Wildman–Crippen MR) is 110 cm³/mol. The van der Waals surface area contributed by atoms with Crippen LogP contribution >= 0.6 is 0 Å². The van der Waals surface area contributed by atoms with Crippen molar-refractivity contribution in [3.63, 3.8) is 0 Å². The van der Waals surface area contributed by atoms with E-state index in [-0.39, 0.29) is 0 Å². The van der Waals surface area contributed by atoms with Gasteiger partial charge < -0.3 is 5.32 Å². The zero-order valence-corrected chi connectivity index (χ0v) is 17.1. The topological polar surface area (TPSA) is 29.1 Å². The third-order valence-corrected chi connectivity index (χ3v) is 5.97. The number of aryl methyl sites for hydroxylation is 1. The molecule has 0 saturated heterocycles. The van der Waals surface area contributed by atoms with Gasteiger partial charge in [0.25, 0.3) is 0 Å². The van der Waals surface area contributed by atoms with E-state index in [1.54, 1.807) is 30.3 Å². The molecule has 156 valence electrons. The Morgan fingerprint density at radius 3 is 2.31 bits per heavy atom. The Morgan fingerprint density at radius 1 is 1.10 bits per heavy atom.